The second-order valence-corrected chi connectivity index (χ2v) is 7.22. The lowest BCUT2D eigenvalue weighted by Crippen LogP contribution is -2.74. The monoisotopic (exact) mass is 383 g/mol. The molecule has 4 heterocycles. The lowest BCUT2D eigenvalue weighted by Gasteiger charge is -2.48. The van der Waals surface area contributed by atoms with Crippen LogP contribution in [-0.2, 0) is 28.6 Å². The molecular formula is C16H21N3O8. The molecule has 0 aromatic carbocycles. The van der Waals surface area contributed by atoms with Crippen molar-refractivity contribution in [3.63, 3.8) is 0 Å². The Morgan fingerprint density at radius 3 is 2.59 bits per heavy atom. The minimum atomic E-state index is -2.43. The number of ether oxygens (including phenoxy) is 3. The zero-order valence-electron chi connectivity index (χ0n) is 14.8. The molecule has 2 amide bonds. The topological polar surface area (TPSA) is 135 Å². The molecule has 0 aliphatic carbocycles. The number of aliphatic hydroxyl groups is 1. The standard InChI is InChI=1S/C16H21N3O8/c1-9-11(21)26-16-12(25-10(20)8-15(9,24)13(22)27-16)17-4-7-19(16)14(23)18-5-2-3-6-18/h9,12,17,24H,2-8H2,1H3. The molecule has 2 bridgehead atoms. The van der Waals surface area contributed by atoms with Gasteiger partial charge in [0.25, 0.3) is 6.23 Å². The van der Waals surface area contributed by atoms with Gasteiger partial charge in [-0.1, -0.05) is 0 Å². The number of likely N-dealkylation sites (tertiary alicyclic amines) is 1. The maximum atomic E-state index is 13.0. The molecule has 148 valence electrons. The van der Waals surface area contributed by atoms with E-state index in [4.69, 9.17) is 14.2 Å². The van der Waals surface area contributed by atoms with Crippen LogP contribution in [0.3, 0.4) is 0 Å². The Kier molecular flexibility index (Phi) is 4.04. The summed E-state index contributed by atoms with van der Waals surface area (Å²) in [7, 11) is 0. The quantitative estimate of drug-likeness (QED) is 0.479. The van der Waals surface area contributed by atoms with Crippen molar-refractivity contribution >= 4 is 23.9 Å². The summed E-state index contributed by atoms with van der Waals surface area (Å²) in [5, 5.41) is 13.5. The Labute approximate surface area is 154 Å². The first-order valence-electron chi connectivity index (χ1n) is 8.96. The number of nitrogens with zero attached hydrogens (tertiary/aromatic N) is 2. The van der Waals surface area contributed by atoms with Crippen LogP contribution < -0.4 is 5.32 Å². The van der Waals surface area contributed by atoms with E-state index in [0.717, 1.165) is 17.7 Å². The Hall–Kier alpha value is -2.40. The number of nitrogens with one attached hydrogen (secondary N) is 1. The number of rotatable bonds is 0. The number of amides is 2. The van der Waals surface area contributed by atoms with Gasteiger partial charge in [0, 0.05) is 26.2 Å². The van der Waals surface area contributed by atoms with E-state index in [2.05, 4.69) is 5.32 Å². The molecule has 4 fully saturated rings. The molecule has 0 saturated carbocycles. The number of carbonyl (C=O) groups is 4. The molecule has 2 N–H and O–H groups in total. The third-order valence-corrected chi connectivity index (χ3v) is 5.55. The van der Waals surface area contributed by atoms with Crippen molar-refractivity contribution in [1.82, 2.24) is 15.1 Å². The number of piperazine rings is 1. The minimum Gasteiger partial charge on any atom is -0.435 e. The van der Waals surface area contributed by atoms with Crippen LogP contribution >= 0.6 is 0 Å². The van der Waals surface area contributed by atoms with Gasteiger partial charge in [-0.3, -0.25) is 14.9 Å². The molecule has 0 aromatic rings. The third kappa shape index (κ3) is 2.56. The molecule has 4 rings (SSSR count). The first kappa shape index (κ1) is 18.0. The molecular weight excluding hydrogens is 362 g/mol. The highest BCUT2D eigenvalue weighted by Crippen LogP contribution is 2.40. The number of esters is 3. The molecule has 4 aliphatic heterocycles. The van der Waals surface area contributed by atoms with Crippen LogP contribution in [0.25, 0.3) is 0 Å². The molecule has 4 unspecified atom stereocenters. The number of fused-ring (bicyclic) bond motifs is 2. The van der Waals surface area contributed by atoms with Crippen LogP contribution in [0.1, 0.15) is 26.2 Å². The van der Waals surface area contributed by atoms with Gasteiger partial charge in [-0.15, -0.1) is 0 Å². The smallest absolute Gasteiger partial charge is 0.400 e. The fraction of sp³-hybridized carbons (Fsp3) is 0.750. The predicted molar refractivity (Wildman–Crippen MR) is 84.4 cm³/mol. The van der Waals surface area contributed by atoms with Gasteiger partial charge >= 0.3 is 29.9 Å². The molecule has 27 heavy (non-hydrogen) atoms. The SMILES string of the molecule is CC1C(=O)OC23OC(=O)C1(O)CC(=O)OC2NCCN3C(=O)N1CCCC1. The van der Waals surface area contributed by atoms with Crippen LogP contribution in [0.2, 0.25) is 0 Å². The van der Waals surface area contributed by atoms with E-state index in [9.17, 15) is 24.3 Å². The summed E-state index contributed by atoms with van der Waals surface area (Å²) < 4.78 is 16.1. The van der Waals surface area contributed by atoms with Gasteiger partial charge in [-0.25, -0.2) is 14.5 Å². The highest BCUT2D eigenvalue weighted by atomic mass is 16.8. The average Bonchev–Trinajstić information content (AvgIpc) is 3.14. The average molecular weight is 383 g/mol. The molecule has 0 aromatic heterocycles. The van der Waals surface area contributed by atoms with Crippen molar-refractivity contribution in [3.05, 3.63) is 0 Å². The summed E-state index contributed by atoms with van der Waals surface area (Å²) in [5.74, 6) is -6.75. The molecule has 4 atom stereocenters. The number of hydrogen-bond donors (Lipinski definition) is 2. The summed E-state index contributed by atoms with van der Waals surface area (Å²) >= 11 is 0. The van der Waals surface area contributed by atoms with Crippen LogP contribution in [0.4, 0.5) is 4.79 Å². The van der Waals surface area contributed by atoms with Gasteiger partial charge in [-0.05, 0) is 19.8 Å². The Morgan fingerprint density at radius 1 is 1.19 bits per heavy atom. The fourth-order valence-corrected chi connectivity index (χ4v) is 3.84. The summed E-state index contributed by atoms with van der Waals surface area (Å²) in [6, 6.07) is -0.491. The normalized spacial score (nSPS) is 39.0. The van der Waals surface area contributed by atoms with E-state index in [1.54, 1.807) is 4.90 Å². The van der Waals surface area contributed by atoms with Crippen molar-refractivity contribution in [3.8, 4) is 0 Å². The van der Waals surface area contributed by atoms with Gasteiger partial charge in [0.1, 0.15) is 0 Å². The second kappa shape index (κ2) is 6.06. The Balaban J connectivity index is 1.81. The highest BCUT2D eigenvalue weighted by Gasteiger charge is 2.67. The van der Waals surface area contributed by atoms with E-state index < -0.39 is 54.0 Å². The first-order chi connectivity index (χ1) is 12.8. The summed E-state index contributed by atoms with van der Waals surface area (Å²) in [5.41, 5.74) is -2.43. The largest absolute Gasteiger partial charge is 0.435 e. The molecule has 11 nitrogen and oxygen atoms in total. The molecule has 0 radical (unpaired) electrons. The van der Waals surface area contributed by atoms with Crippen molar-refractivity contribution in [2.75, 3.05) is 26.2 Å². The van der Waals surface area contributed by atoms with Crippen LogP contribution in [-0.4, -0.2) is 82.8 Å². The lowest BCUT2D eigenvalue weighted by atomic mass is 9.86. The zero-order chi connectivity index (χ0) is 19.4. The lowest BCUT2D eigenvalue weighted by molar-refractivity contribution is -0.329. The second-order valence-electron chi connectivity index (χ2n) is 7.22. The summed E-state index contributed by atoms with van der Waals surface area (Å²) in [4.78, 5) is 53.3. The van der Waals surface area contributed by atoms with Gasteiger partial charge in [0.05, 0.1) is 12.3 Å². The van der Waals surface area contributed by atoms with Gasteiger partial charge in [-0.2, -0.15) is 0 Å². The zero-order valence-corrected chi connectivity index (χ0v) is 14.8. The molecule has 4 aliphatic rings. The van der Waals surface area contributed by atoms with Gasteiger partial charge < -0.3 is 24.2 Å². The Bertz CT molecular complexity index is 708. The minimum absolute atomic E-state index is 0.0523. The fourth-order valence-electron chi connectivity index (χ4n) is 3.84. The van der Waals surface area contributed by atoms with Crippen molar-refractivity contribution in [2.24, 2.45) is 5.92 Å². The van der Waals surface area contributed by atoms with E-state index in [0.29, 0.717) is 13.1 Å². The molecule has 4 saturated heterocycles. The van der Waals surface area contributed by atoms with Crippen molar-refractivity contribution < 1.29 is 38.5 Å². The van der Waals surface area contributed by atoms with Crippen molar-refractivity contribution in [1.29, 1.82) is 0 Å². The molecule has 11 heteroatoms. The van der Waals surface area contributed by atoms with Crippen LogP contribution in [0, 0.1) is 5.92 Å². The van der Waals surface area contributed by atoms with E-state index >= 15 is 0 Å². The number of carbonyl (C=O) groups excluding carboxylic acids is 4. The van der Waals surface area contributed by atoms with Gasteiger partial charge in [0.15, 0.2) is 5.60 Å². The van der Waals surface area contributed by atoms with Crippen LogP contribution in [0.5, 0.6) is 0 Å². The highest BCUT2D eigenvalue weighted by molar-refractivity contribution is 5.93. The van der Waals surface area contributed by atoms with Gasteiger partial charge in [0.2, 0.25) is 0 Å². The number of urea groups is 1. The van der Waals surface area contributed by atoms with Crippen LogP contribution in [0.15, 0.2) is 0 Å². The van der Waals surface area contributed by atoms with E-state index in [1.165, 1.54) is 6.92 Å². The molecule has 1 spiro atoms. The number of hydrogen-bond acceptors (Lipinski definition) is 9. The first-order valence-corrected chi connectivity index (χ1v) is 8.96. The summed E-state index contributed by atoms with van der Waals surface area (Å²) in [6.07, 6.45) is -0.483. The maximum absolute atomic E-state index is 13.0. The Morgan fingerprint density at radius 2 is 1.89 bits per heavy atom. The van der Waals surface area contributed by atoms with Crippen molar-refractivity contribution in [2.45, 2.75) is 43.9 Å². The van der Waals surface area contributed by atoms with E-state index in [1.807, 2.05) is 0 Å². The maximum Gasteiger partial charge on any atom is 0.400 e. The third-order valence-electron chi connectivity index (χ3n) is 5.55. The van der Waals surface area contributed by atoms with E-state index in [-0.39, 0.29) is 13.1 Å². The predicted octanol–water partition coefficient (Wildman–Crippen LogP) is -1.50. The summed E-state index contributed by atoms with van der Waals surface area (Å²) in [6.45, 7) is 2.58.